The number of rotatable bonds is 6. The molecule has 28 heavy (non-hydrogen) atoms. The summed E-state index contributed by atoms with van der Waals surface area (Å²) in [7, 11) is -3.66. The molecule has 0 saturated heterocycles. The minimum absolute atomic E-state index is 0.0287. The maximum atomic E-state index is 12.2. The first-order chi connectivity index (χ1) is 13.1. The first-order valence-electron chi connectivity index (χ1n) is 8.95. The zero-order valence-electron chi connectivity index (χ0n) is 16.0. The molecule has 7 nitrogen and oxygen atoms in total. The number of sulfonamides is 1. The summed E-state index contributed by atoms with van der Waals surface area (Å²) in [6.07, 6.45) is 1.13. The van der Waals surface area contributed by atoms with Gasteiger partial charge in [-0.25, -0.2) is 18.1 Å². The highest BCUT2D eigenvalue weighted by Gasteiger charge is 2.34. The van der Waals surface area contributed by atoms with Crippen molar-refractivity contribution < 1.29 is 18.0 Å². The van der Waals surface area contributed by atoms with Crippen molar-refractivity contribution in [3.8, 4) is 0 Å². The maximum Gasteiger partial charge on any atom is 0.240 e. The second-order valence-electron chi connectivity index (χ2n) is 7.74. The van der Waals surface area contributed by atoms with Gasteiger partial charge in [0.05, 0.1) is 15.5 Å². The summed E-state index contributed by atoms with van der Waals surface area (Å²) in [5, 5.41) is 3.04. The summed E-state index contributed by atoms with van der Waals surface area (Å²) in [5.74, 6) is -0.306. The molecule has 2 N–H and O–H groups in total. The molecular formula is C19H23N3O4S2. The number of Topliss-reactive ketones (excluding diaryl/α,β-unsaturated/α-hetero) is 1. The van der Waals surface area contributed by atoms with E-state index in [-0.39, 0.29) is 35.0 Å². The highest BCUT2D eigenvalue weighted by atomic mass is 32.2. The van der Waals surface area contributed by atoms with Crippen LogP contribution >= 0.6 is 11.3 Å². The Hall–Kier alpha value is -2.10. The van der Waals surface area contributed by atoms with Crippen molar-refractivity contribution in [1.29, 1.82) is 0 Å². The summed E-state index contributed by atoms with van der Waals surface area (Å²) < 4.78 is 26.9. The normalized spacial score (nSPS) is 15.9. The van der Waals surface area contributed by atoms with Crippen LogP contribution in [-0.2, 0) is 21.2 Å². The SMILES string of the molecule is Cc1ccc(S(=O)(=O)NCCC(=O)Nc2nc3c(s2)C(=O)CC(C)(C)C3)cc1. The number of aromatic nitrogens is 1. The lowest BCUT2D eigenvalue weighted by Crippen LogP contribution is -2.27. The lowest BCUT2D eigenvalue weighted by molar-refractivity contribution is -0.116. The fraction of sp³-hybridized carbons (Fsp3) is 0.421. The predicted octanol–water partition coefficient (Wildman–Crippen LogP) is 2.91. The topological polar surface area (TPSA) is 105 Å². The summed E-state index contributed by atoms with van der Waals surface area (Å²) in [5.41, 5.74) is 1.56. The monoisotopic (exact) mass is 421 g/mol. The quantitative estimate of drug-likeness (QED) is 0.746. The third-order valence-electron chi connectivity index (χ3n) is 4.46. The smallest absolute Gasteiger partial charge is 0.240 e. The Morgan fingerprint density at radius 2 is 1.89 bits per heavy atom. The van der Waals surface area contributed by atoms with Crippen LogP contribution in [0.2, 0.25) is 0 Å². The van der Waals surface area contributed by atoms with Gasteiger partial charge in [0.1, 0.15) is 0 Å². The van der Waals surface area contributed by atoms with E-state index in [1.54, 1.807) is 12.1 Å². The molecule has 9 heteroatoms. The van der Waals surface area contributed by atoms with Crippen LogP contribution in [0.4, 0.5) is 5.13 Å². The van der Waals surface area contributed by atoms with Crippen LogP contribution in [0, 0.1) is 12.3 Å². The first-order valence-corrected chi connectivity index (χ1v) is 11.2. The Kier molecular flexibility index (Phi) is 5.69. The number of amides is 1. The molecule has 1 aromatic heterocycles. The summed E-state index contributed by atoms with van der Waals surface area (Å²) in [6.45, 7) is 5.88. The molecule has 0 bridgehead atoms. The number of aryl methyl sites for hydroxylation is 1. The number of nitrogens with zero attached hydrogens (tertiary/aromatic N) is 1. The molecule has 1 aromatic carbocycles. The molecule has 2 aromatic rings. The number of thiazole rings is 1. The molecule has 0 fully saturated rings. The number of nitrogens with one attached hydrogen (secondary N) is 2. The third kappa shape index (κ3) is 4.84. The van der Waals surface area contributed by atoms with Gasteiger partial charge in [0.15, 0.2) is 10.9 Å². The van der Waals surface area contributed by atoms with Crippen molar-refractivity contribution in [3.63, 3.8) is 0 Å². The number of benzene rings is 1. The molecule has 0 radical (unpaired) electrons. The van der Waals surface area contributed by atoms with E-state index >= 15 is 0 Å². The number of carbonyl (C=O) groups excluding carboxylic acids is 2. The molecule has 0 aliphatic heterocycles. The number of hydrogen-bond donors (Lipinski definition) is 2. The Morgan fingerprint density at radius 1 is 1.21 bits per heavy atom. The van der Waals surface area contributed by atoms with Crippen molar-refractivity contribution in [3.05, 3.63) is 40.4 Å². The van der Waals surface area contributed by atoms with Gasteiger partial charge in [0, 0.05) is 19.4 Å². The molecule has 1 aliphatic carbocycles. The van der Waals surface area contributed by atoms with E-state index in [0.29, 0.717) is 22.9 Å². The molecule has 0 spiro atoms. The van der Waals surface area contributed by atoms with E-state index in [1.807, 2.05) is 20.8 Å². The largest absolute Gasteiger partial charge is 0.302 e. The minimum Gasteiger partial charge on any atom is -0.302 e. The Balaban J connectivity index is 1.55. The highest BCUT2D eigenvalue weighted by molar-refractivity contribution is 7.89. The van der Waals surface area contributed by atoms with Crippen LogP contribution in [0.5, 0.6) is 0 Å². The lowest BCUT2D eigenvalue weighted by atomic mass is 9.78. The highest BCUT2D eigenvalue weighted by Crippen LogP contribution is 2.38. The number of anilines is 1. The van der Waals surface area contributed by atoms with Crippen LogP contribution in [0.15, 0.2) is 29.2 Å². The molecule has 150 valence electrons. The first kappa shape index (κ1) is 20.6. The average Bonchev–Trinajstić information content (AvgIpc) is 2.96. The van der Waals surface area contributed by atoms with Crippen LogP contribution in [-0.4, -0.2) is 31.6 Å². The van der Waals surface area contributed by atoms with Gasteiger partial charge in [-0.1, -0.05) is 42.9 Å². The molecule has 1 amide bonds. The molecule has 1 heterocycles. The zero-order chi connectivity index (χ0) is 20.5. The van der Waals surface area contributed by atoms with Crippen molar-refractivity contribution in [2.75, 3.05) is 11.9 Å². The van der Waals surface area contributed by atoms with Crippen LogP contribution in [0.25, 0.3) is 0 Å². The Morgan fingerprint density at radius 3 is 2.57 bits per heavy atom. The second kappa shape index (κ2) is 7.73. The minimum atomic E-state index is -3.66. The Labute approximate surface area is 168 Å². The van der Waals surface area contributed by atoms with Gasteiger partial charge in [0.2, 0.25) is 15.9 Å². The summed E-state index contributed by atoms with van der Waals surface area (Å²) in [4.78, 5) is 29.5. The second-order valence-corrected chi connectivity index (χ2v) is 10.5. The van der Waals surface area contributed by atoms with Crippen LogP contribution in [0.3, 0.4) is 0 Å². The van der Waals surface area contributed by atoms with E-state index < -0.39 is 10.0 Å². The molecular weight excluding hydrogens is 398 g/mol. The average molecular weight is 422 g/mol. The Bertz CT molecular complexity index is 1010. The fourth-order valence-corrected chi connectivity index (χ4v) is 5.02. The van der Waals surface area contributed by atoms with E-state index in [0.717, 1.165) is 11.3 Å². The van der Waals surface area contributed by atoms with Crippen molar-refractivity contribution >= 4 is 38.2 Å². The fourth-order valence-electron chi connectivity index (χ4n) is 3.06. The van der Waals surface area contributed by atoms with Gasteiger partial charge in [0.25, 0.3) is 0 Å². The van der Waals surface area contributed by atoms with E-state index in [9.17, 15) is 18.0 Å². The van der Waals surface area contributed by atoms with Gasteiger partial charge in [-0.3, -0.25) is 9.59 Å². The molecule has 0 saturated carbocycles. The van der Waals surface area contributed by atoms with Crippen molar-refractivity contribution in [1.82, 2.24) is 9.71 Å². The zero-order valence-corrected chi connectivity index (χ0v) is 17.7. The maximum absolute atomic E-state index is 12.2. The van der Waals surface area contributed by atoms with Gasteiger partial charge in [-0.15, -0.1) is 0 Å². The number of carbonyl (C=O) groups is 2. The molecule has 0 atom stereocenters. The van der Waals surface area contributed by atoms with E-state index in [2.05, 4.69) is 15.0 Å². The van der Waals surface area contributed by atoms with Crippen molar-refractivity contribution in [2.45, 2.75) is 44.9 Å². The lowest BCUT2D eigenvalue weighted by Gasteiger charge is -2.26. The van der Waals surface area contributed by atoms with Gasteiger partial charge in [-0.05, 0) is 30.9 Å². The number of fused-ring (bicyclic) bond motifs is 1. The third-order valence-corrected chi connectivity index (χ3v) is 6.99. The van der Waals surface area contributed by atoms with E-state index in [1.165, 1.54) is 23.5 Å². The predicted molar refractivity (Wildman–Crippen MR) is 108 cm³/mol. The molecule has 3 rings (SSSR count). The van der Waals surface area contributed by atoms with Crippen molar-refractivity contribution in [2.24, 2.45) is 5.41 Å². The van der Waals surface area contributed by atoms with Gasteiger partial charge < -0.3 is 5.32 Å². The molecule has 0 unspecified atom stereocenters. The van der Waals surface area contributed by atoms with E-state index in [4.69, 9.17) is 0 Å². The number of ketones is 1. The van der Waals surface area contributed by atoms with Crippen LogP contribution < -0.4 is 10.0 Å². The standard InChI is InChI=1S/C19H23N3O4S2/c1-12-4-6-13(7-5-12)28(25,26)20-9-8-16(24)22-18-21-14-10-19(2,3)11-15(23)17(14)27-18/h4-7,20H,8-11H2,1-3H3,(H,21,22,24). The van der Waals surface area contributed by atoms with Gasteiger partial charge in [-0.2, -0.15) is 0 Å². The summed E-state index contributed by atoms with van der Waals surface area (Å²) >= 11 is 1.18. The van der Waals surface area contributed by atoms with Crippen LogP contribution in [0.1, 0.15) is 47.6 Å². The van der Waals surface area contributed by atoms with Gasteiger partial charge >= 0.3 is 0 Å². The summed E-state index contributed by atoms with van der Waals surface area (Å²) in [6, 6.07) is 6.48. The molecule has 1 aliphatic rings. The number of hydrogen-bond acceptors (Lipinski definition) is 6.